The van der Waals surface area contributed by atoms with Gasteiger partial charge in [0.15, 0.2) is 0 Å². The number of piperidine rings is 1. The lowest BCUT2D eigenvalue weighted by atomic mass is 10.1. The molecule has 0 unspecified atom stereocenters. The molecule has 1 N–H and O–H groups in total. The second-order valence-corrected chi connectivity index (χ2v) is 5.05. The summed E-state index contributed by atoms with van der Waals surface area (Å²) in [5.41, 5.74) is 0.429. The third-order valence-electron chi connectivity index (χ3n) is 3.50. The summed E-state index contributed by atoms with van der Waals surface area (Å²) in [5.74, 6) is -0.491. The van der Waals surface area contributed by atoms with E-state index in [1.54, 1.807) is 18.2 Å². The van der Waals surface area contributed by atoms with Crippen LogP contribution in [0.1, 0.15) is 24.8 Å². The Kier molecular flexibility index (Phi) is 5.74. The van der Waals surface area contributed by atoms with Crippen LogP contribution < -0.4 is 5.32 Å². The van der Waals surface area contributed by atoms with Gasteiger partial charge < -0.3 is 10.2 Å². The molecule has 4 heteroatoms. The zero-order valence-electron chi connectivity index (χ0n) is 11.6. The summed E-state index contributed by atoms with van der Waals surface area (Å²) < 4.78 is 13.3. The lowest BCUT2D eigenvalue weighted by molar-refractivity contribution is -0.116. The summed E-state index contributed by atoms with van der Waals surface area (Å²) in [6.45, 7) is 3.78. The number of benzene rings is 1. The number of carbonyl (C=O) groups excluding carboxylic acids is 1. The van der Waals surface area contributed by atoms with Crippen molar-refractivity contribution in [3.63, 3.8) is 0 Å². The Hall–Kier alpha value is -1.68. The van der Waals surface area contributed by atoms with Gasteiger partial charge in [-0.3, -0.25) is 4.79 Å². The molecule has 1 aromatic rings. The van der Waals surface area contributed by atoms with Crippen LogP contribution in [0, 0.1) is 5.82 Å². The Morgan fingerprint density at radius 1 is 1.25 bits per heavy atom. The Bertz CT molecular complexity index is 467. The van der Waals surface area contributed by atoms with Crippen LogP contribution in [0.4, 0.5) is 4.39 Å². The van der Waals surface area contributed by atoms with Crippen molar-refractivity contribution in [2.75, 3.05) is 26.2 Å². The average Bonchev–Trinajstić information content (AvgIpc) is 2.47. The first-order valence-corrected chi connectivity index (χ1v) is 7.18. The molecule has 0 radical (unpaired) electrons. The van der Waals surface area contributed by atoms with Gasteiger partial charge in [0.05, 0.1) is 0 Å². The average molecular weight is 276 g/mol. The molecule has 1 aliphatic rings. The molecule has 1 aromatic carbocycles. The van der Waals surface area contributed by atoms with Crippen LogP contribution in [0.2, 0.25) is 0 Å². The third-order valence-corrected chi connectivity index (χ3v) is 3.50. The predicted octanol–water partition coefficient (Wildman–Crippen LogP) is 2.44. The van der Waals surface area contributed by atoms with Crippen LogP contribution in [0.15, 0.2) is 30.3 Å². The van der Waals surface area contributed by atoms with E-state index in [1.807, 2.05) is 0 Å². The van der Waals surface area contributed by atoms with Crippen molar-refractivity contribution >= 4 is 12.0 Å². The zero-order chi connectivity index (χ0) is 14.2. The highest BCUT2D eigenvalue weighted by molar-refractivity contribution is 5.91. The highest BCUT2D eigenvalue weighted by Crippen LogP contribution is 2.08. The summed E-state index contributed by atoms with van der Waals surface area (Å²) in [4.78, 5) is 14.0. The minimum absolute atomic E-state index is 0.176. The molecule has 1 amide bonds. The van der Waals surface area contributed by atoms with Crippen molar-refractivity contribution in [2.45, 2.75) is 19.3 Å². The van der Waals surface area contributed by atoms with E-state index < -0.39 is 0 Å². The molecule has 1 fully saturated rings. The number of rotatable bonds is 5. The summed E-state index contributed by atoms with van der Waals surface area (Å²) in [6, 6.07) is 6.41. The van der Waals surface area contributed by atoms with Gasteiger partial charge in [0.2, 0.25) is 5.91 Å². The molecule has 0 bridgehead atoms. The van der Waals surface area contributed by atoms with E-state index in [0.717, 1.165) is 19.6 Å². The van der Waals surface area contributed by atoms with Crippen molar-refractivity contribution in [3.8, 4) is 0 Å². The van der Waals surface area contributed by atoms with Crippen LogP contribution in [0.3, 0.4) is 0 Å². The maximum atomic E-state index is 13.3. The van der Waals surface area contributed by atoms with Gasteiger partial charge in [0, 0.05) is 24.7 Å². The second kappa shape index (κ2) is 7.80. The predicted molar refractivity (Wildman–Crippen MR) is 78.7 cm³/mol. The number of nitrogens with one attached hydrogen (secondary N) is 1. The molecule has 0 atom stereocenters. The fourth-order valence-electron chi connectivity index (χ4n) is 2.35. The van der Waals surface area contributed by atoms with E-state index >= 15 is 0 Å². The van der Waals surface area contributed by atoms with Gasteiger partial charge in [-0.15, -0.1) is 0 Å². The number of nitrogens with zero attached hydrogens (tertiary/aromatic N) is 1. The first-order valence-electron chi connectivity index (χ1n) is 7.18. The molecule has 1 saturated heterocycles. The minimum atomic E-state index is -0.315. The quantitative estimate of drug-likeness (QED) is 0.838. The van der Waals surface area contributed by atoms with Gasteiger partial charge >= 0.3 is 0 Å². The van der Waals surface area contributed by atoms with Crippen LogP contribution in [-0.4, -0.2) is 37.0 Å². The third kappa shape index (κ3) is 4.78. The van der Waals surface area contributed by atoms with E-state index in [4.69, 9.17) is 0 Å². The molecular formula is C16H21FN2O. The molecular weight excluding hydrogens is 255 g/mol. The SMILES string of the molecule is O=C(C=Cc1ccccc1F)NCCN1CCCCC1. The Labute approximate surface area is 119 Å². The lowest BCUT2D eigenvalue weighted by Crippen LogP contribution is -2.37. The largest absolute Gasteiger partial charge is 0.351 e. The van der Waals surface area contributed by atoms with Gasteiger partial charge in [-0.25, -0.2) is 4.39 Å². The Morgan fingerprint density at radius 3 is 2.75 bits per heavy atom. The standard InChI is InChI=1S/C16H21FN2O/c17-15-7-3-2-6-14(15)8-9-16(20)18-10-13-19-11-4-1-5-12-19/h2-3,6-9H,1,4-5,10-13H2,(H,18,20). The summed E-state index contributed by atoms with van der Waals surface area (Å²) in [7, 11) is 0. The second-order valence-electron chi connectivity index (χ2n) is 5.05. The van der Waals surface area contributed by atoms with Crippen molar-refractivity contribution < 1.29 is 9.18 Å². The molecule has 20 heavy (non-hydrogen) atoms. The number of carbonyl (C=O) groups is 1. The van der Waals surface area contributed by atoms with Crippen molar-refractivity contribution in [1.82, 2.24) is 10.2 Å². The van der Waals surface area contributed by atoms with Crippen LogP contribution >= 0.6 is 0 Å². The van der Waals surface area contributed by atoms with Gasteiger partial charge in [-0.05, 0) is 38.1 Å². The maximum absolute atomic E-state index is 13.3. The number of hydrogen-bond acceptors (Lipinski definition) is 2. The first kappa shape index (κ1) is 14.7. The van der Waals surface area contributed by atoms with E-state index in [2.05, 4.69) is 10.2 Å². The number of hydrogen-bond donors (Lipinski definition) is 1. The first-order chi connectivity index (χ1) is 9.75. The zero-order valence-corrected chi connectivity index (χ0v) is 11.6. The summed E-state index contributed by atoms with van der Waals surface area (Å²) in [5, 5.41) is 2.83. The normalized spacial score (nSPS) is 16.4. The molecule has 3 nitrogen and oxygen atoms in total. The highest BCUT2D eigenvalue weighted by atomic mass is 19.1. The van der Waals surface area contributed by atoms with Crippen LogP contribution in [0.5, 0.6) is 0 Å². The summed E-state index contributed by atoms with van der Waals surface area (Å²) >= 11 is 0. The minimum Gasteiger partial charge on any atom is -0.351 e. The number of amides is 1. The van der Waals surface area contributed by atoms with Crippen molar-refractivity contribution in [3.05, 3.63) is 41.7 Å². The number of likely N-dealkylation sites (tertiary alicyclic amines) is 1. The topological polar surface area (TPSA) is 32.3 Å². The molecule has 1 aliphatic heterocycles. The van der Waals surface area contributed by atoms with Crippen LogP contribution in [0.25, 0.3) is 6.08 Å². The molecule has 0 aromatic heterocycles. The molecule has 0 saturated carbocycles. The molecule has 0 aliphatic carbocycles. The summed E-state index contributed by atoms with van der Waals surface area (Å²) in [6.07, 6.45) is 6.71. The van der Waals surface area contributed by atoms with E-state index in [-0.39, 0.29) is 11.7 Å². The molecule has 1 heterocycles. The van der Waals surface area contributed by atoms with E-state index in [0.29, 0.717) is 12.1 Å². The highest BCUT2D eigenvalue weighted by Gasteiger charge is 2.09. The Morgan fingerprint density at radius 2 is 2.00 bits per heavy atom. The fourth-order valence-corrected chi connectivity index (χ4v) is 2.35. The molecule has 0 spiro atoms. The van der Waals surface area contributed by atoms with E-state index in [1.165, 1.54) is 37.5 Å². The van der Waals surface area contributed by atoms with Crippen molar-refractivity contribution in [1.29, 1.82) is 0 Å². The smallest absolute Gasteiger partial charge is 0.244 e. The van der Waals surface area contributed by atoms with Gasteiger partial charge in [-0.1, -0.05) is 24.6 Å². The monoisotopic (exact) mass is 276 g/mol. The van der Waals surface area contributed by atoms with Crippen molar-refractivity contribution in [2.24, 2.45) is 0 Å². The number of halogens is 1. The fraction of sp³-hybridized carbons (Fsp3) is 0.438. The molecule has 2 rings (SSSR count). The van der Waals surface area contributed by atoms with E-state index in [9.17, 15) is 9.18 Å². The van der Waals surface area contributed by atoms with Gasteiger partial charge in [-0.2, -0.15) is 0 Å². The van der Waals surface area contributed by atoms with Gasteiger partial charge in [0.25, 0.3) is 0 Å². The van der Waals surface area contributed by atoms with Crippen LogP contribution in [-0.2, 0) is 4.79 Å². The molecule has 108 valence electrons. The Balaban J connectivity index is 1.71. The van der Waals surface area contributed by atoms with Gasteiger partial charge in [0.1, 0.15) is 5.82 Å². The maximum Gasteiger partial charge on any atom is 0.244 e. The lowest BCUT2D eigenvalue weighted by Gasteiger charge is -2.26.